The Hall–Kier alpha value is -0.820. The van der Waals surface area contributed by atoms with E-state index in [9.17, 15) is 0 Å². The van der Waals surface area contributed by atoms with Crippen LogP contribution in [0, 0.1) is 0 Å². The standard InChI is InChI=1S/C13H19N/c1-2-12(13-9-6-10-14-13)11-7-4-3-5-8-11/h3-5,7-8,12-14H,2,6,9-10H2,1H3/p+1/t12-,13+/m0/s1. The Morgan fingerprint density at radius 1 is 1.36 bits per heavy atom. The summed E-state index contributed by atoms with van der Waals surface area (Å²) in [6.45, 7) is 3.64. The molecule has 1 fully saturated rings. The topological polar surface area (TPSA) is 16.6 Å². The Morgan fingerprint density at radius 2 is 2.14 bits per heavy atom. The van der Waals surface area contributed by atoms with Crippen LogP contribution in [0.5, 0.6) is 0 Å². The van der Waals surface area contributed by atoms with Crippen LogP contribution in [0.1, 0.15) is 37.7 Å². The van der Waals surface area contributed by atoms with Crippen LogP contribution in [0.3, 0.4) is 0 Å². The third-order valence-electron chi connectivity index (χ3n) is 3.40. The Labute approximate surface area is 86.5 Å². The van der Waals surface area contributed by atoms with Crippen molar-refractivity contribution in [2.75, 3.05) is 6.54 Å². The molecule has 0 bridgehead atoms. The van der Waals surface area contributed by atoms with Crippen LogP contribution in [0.25, 0.3) is 0 Å². The van der Waals surface area contributed by atoms with Crippen LogP contribution in [-0.4, -0.2) is 12.6 Å². The van der Waals surface area contributed by atoms with Crippen molar-refractivity contribution in [2.24, 2.45) is 0 Å². The molecule has 2 N–H and O–H groups in total. The zero-order chi connectivity index (χ0) is 9.80. The second-order valence-electron chi connectivity index (χ2n) is 4.26. The molecule has 1 aliphatic rings. The van der Waals surface area contributed by atoms with E-state index in [1.807, 2.05) is 0 Å². The van der Waals surface area contributed by atoms with Gasteiger partial charge in [-0.15, -0.1) is 0 Å². The minimum absolute atomic E-state index is 0.763. The lowest BCUT2D eigenvalue weighted by atomic mass is 9.88. The quantitative estimate of drug-likeness (QED) is 0.750. The van der Waals surface area contributed by atoms with Crippen LogP contribution in [0.15, 0.2) is 30.3 Å². The number of nitrogens with two attached hydrogens (primary N) is 1. The molecule has 0 spiro atoms. The summed E-state index contributed by atoms with van der Waals surface area (Å²) >= 11 is 0. The van der Waals surface area contributed by atoms with Crippen molar-refractivity contribution in [3.63, 3.8) is 0 Å². The number of hydrogen-bond donors (Lipinski definition) is 1. The molecule has 1 heterocycles. The van der Waals surface area contributed by atoms with Crippen LogP contribution in [-0.2, 0) is 0 Å². The Morgan fingerprint density at radius 3 is 2.71 bits per heavy atom. The molecule has 0 amide bonds. The Bertz CT molecular complexity index is 262. The van der Waals surface area contributed by atoms with Gasteiger partial charge in [0.15, 0.2) is 0 Å². The predicted molar refractivity (Wildman–Crippen MR) is 59.3 cm³/mol. The van der Waals surface area contributed by atoms with E-state index in [-0.39, 0.29) is 0 Å². The average Bonchev–Trinajstić information content (AvgIpc) is 2.74. The molecule has 2 atom stereocenters. The molecule has 0 aromatic heterocycles. The van der Waals surface area contributed by atoms with Crippen molar-refractivity contribution in [2.45, 2.75) is 38.1 Å². The fourth-order valence-electron chi connectivity index (χ4n) is 2.65. The van der Waals surface area contributed by atoms with Crippen LogP contribution < -0.4 is 5.32 Å². The number of benzene rings is 1. The summed E-state index contributed by atoms with van der Waals surface area (Å²) in [5.41, 5.74) is 1.53. The van der Waals surface area contributed by atoms with Gasteiger partial charge in [0, 0.05) is 18.8 Å². The first-order valence-corrected chi connectivity index (χ1v) is 5.80. The summed E-state index contributed by atoms with van der Waals surface area (Å²) < 4.78 is 0. The molecule has 1 aromatic rings. The molecule has 1 aromatic carbocycles. The molecule has 14 heavy (non-hydrogen) atoms. The van der Waals surface area contributed by atoms with E-state index in [4.69, 9.17) is 0 Å². The van der Waals surface area contributed by atoms with Crippen molar-refractivity contribution in [3.05, 3.63) is 35.9 Å². The maximum absolute atomic E-state index is 2.53. The predicted octanol–water partition coefficient (Wildman–Crippen LogP) is 1.91. The third-order valence-corrected chi connectivity index (χ3v) is 3.40. The molecule has 1 saturated heterocycles. The minimum atomic E-state index is 0.763. The lowest BCUT2D eigenvalue weighted by Crippen LogP contribution is -2.87. The van der Waals surface area contributed by atoms with Crippen molar-refractivity contribution < 1.29 is 5.32 Å². The highest BCUT2D eigenvalue weighted by Crippen LogP contribution is 2.24. The molecule has 0 radical (unpaired) electrons. The molecular formula is C13H20N+. The van der Waals surface area contributed by atoms with E-state index in [2.05, 4.69) is 42.6 Å². The molecule has 2 rings (SSSR count). The fraction of sp³-hybridized carbons (Fsp3) is 0.538. The van der Waals surface area contributed by atoms with Crippen LogP contribution >= 0.6 is 0 Å². The molecule has 0 aliphatic carbocycles. The van der Waals surface area contributed by atoms with Gasteiger partial charge in [-0.2, -0.15) is 0 Å². The zero-order valence-corrected chi connectivity index (χ0v) is 8.95. The number of quaternary nitrogens is 1. The fourth-order valence-corrected chi connectivity index (χ4v) is 2.65. The highest BCUT2D eigenvalue weighted by Gasteiger charge is 2.27. The third kappa shape index (κ3) is 1.98. The van der Waals surface area contributed by atoms with Crippen molar-refractivity contribution in [3.8, 4) is 0 Å². The molecule has 1 aliphatic heterocycles. The molecular weight excluding hydrogens is 170 g/mol. The van der Waals surface area contributed by atoms with Gasteiger partial charge in [-0.1, -0.05) is 37.3 Å². The maximum Gasteiger partial charge on any atom is 0.0930 e. The van der Waals surface area contributed by atoms with Gasteiger partial charge in [0.1, 0.15) is 0 Å². The smallest absolute Gasteiger partial charge is 0.0930 e. The Balaban J connectivity index is 2.12. The van der Waals surface area contributed by atoms with Gasteiger partial charge in [0.05, 0.1) is 12.6 Å². The average molecular weight is 190 g/mol. The number of rotatable bonds is 3. The highest BCUT2D eigenvalue weighted by atomic mass is 14.9. The normalized spacial score (nSPS) is 23.6. The van der Waals surface area contributed by atoms with Crippen molar-refractivity contribution in [1.29, 1.82) is 0 Å². The van der Waals surface area contributed by atoms with E-state index < -0.39 is 0 Å². The maximum atomic E-state index is 2.53. The zero-order valence-electron chi connectivity index (χ0n) is 8.95. The summed E-state index contributed by atoms with van der Waals surface area (Å²) in [5.74, 6) is 0.763. The van der Waals surface area contributed by atoms with Gasteiger partial charge in [-0.25, -0.2) is 0 Å². The SMILES string of the molecule is CC[C@@H](c1ccccc1)[C@H]1CCC[NH2+]1. The molecule has 0 unspecified atom stereocenters. The molecule has 0 saturated carbocycles. The van der Waals surface area contributed by atoms with Crippen molar-refractivity contribution >= 4 is 0 Å². The minimum Gasteiger partial charge on any atom is -0.343 e. The van der Waals surface area contributed by atoms with Gasteiger partial charge in [0.25, 0.3) is 0 Å². The summed E-state index contributed by atoms with van der Waals surface area (Å²) in [6, 6.07) is 11.8. The molecule has 1 nitrogen and oxygen atoms in total. The monoisotopic (exact) mass is 190 g/mol. The summed E-state index contributed by atoms with van der Waals surface area (Å²) in [7, 11) is 0. The van der Waals surface area contributed by atoms with E-state index in [1.54, 1.807) is 0 Å². The second kappa shape index (κ2) is 4.61. The van der Waals surface area contributed by atoms with E-state index in [1.165, 1.54) is 31.4 Å². The first kappa shape index (κ1) is 9.72. The summed E-state index contributed by atoms with van der Waals surface area (Å²) in [5, 5.41) is 2.53. The molecule has 1 heteroatoms. The van der Waals surface area contributed by atoms with Gasteiger partial charge in [-0.05, 0) is 12.0 Å². The van der Waals surface area contributed by atoms with Gasteiger partial charge in [0.2, 0.25) is 0 Å². The lowest BCUT2D eigenvalue weighted by Gasteiger charge is -2.19. The van der Waals surface area contributed by atoms with Gasteiger partial charge >= 0.3 is 0 Å². The van der Waals surface area contributed by atoms with E-state index in [0.717, 1.165) is 12.0 Å². The second-order valence-corrected chi connectivity index (χ2v) is 4.26. The number of hydrogen-bond acceptors (Lipinski definition) is 0. The van der Waals surface area contributed by atoms with Gasteiger partial charge < -0.3 is 5.32 Å². The van der Waals surface area contributed by atoms with Crippen LogP contribution in [0.2, 0.25) is 0 Å². The van der Waals surface area contributed by atoms with Gasteiger partial charge in [-0.3, -0.25) is 0 Å². The van der Waals surface area contributed by atoms with E-state index in [0.29, 0.717) is 0 Å². The first-order chi connectivity index (χ1) is 6.92. The Kier molecular flexibility index (Phi) is 3.20. The van der Waals surface area contributed by atoms with Crippen molar-refractivity contribution in [1.82, 2.24) is 0 Å². The summed E-state index contributed by atoms with van der Waals surface area (Å²) in [4.78, 5) is 0. The largest absolute Gasteiger partial charge is 0.343 e. The van der Waals surface area contributed by atoms with Crippen LogP contribution in [0.4, 0.5) is 0 Å². The van der Waals surface area contributed by atoms with E-state index >= 15 is 0 Å². The summed E-state index contributed by atoms with van der Waals surface area (Å²) in [6.07, 6.45) is 4.06. The molecule has 76 valence electrons. The first-order valence-electron chi connectivity index (χ1n) is 5.80. The lowest BCUT2D eigenvalue weighted by molar-refractivity contribution is -0.672. The highest BCUT2D eigenvalue weighted by molar-refractivity contribution is 5.20.